The van der Waals surface area contributed by atoms with Crippen LogP contribution in [-0.4, -0.2) is 28.1 Å². The zero-order chi connectivity index (χ0) is 23.1. The molecule has 0 saturated carbocycles. The molecule has 3 rings (SSSR count). The number of fused-ring (bicyclic) bond motifs is 1. The Morgan fingerprint density at radius 1 is 1.00 bits per heavy atom. The largest absolute Gasteiger partial charge is 0.507 e. The van der Waals surface area contributed by atoms with Gasteiger partial charge in [-0.05, 0) is 42.6 Å². The van der Waals surface area contributed by atoms with Crippen molar-refractivity contribution in [2.45, 2.75) is 19.4 Å². The van der Waals surface area contributed by atoms with Crippen LogP contribution in [0.5, 0.6) is 5.75 Å². The molecule has 8 nitrogen and oxygen atoms in total. The quantitative estimate of drug-likeness (QED) is 0.188. The van der Waals surface area contributed by atoms with Crippen LogP contribution in [0.25, 0.3) is 10.8 Å². The maximum Gasteiger partial charge on any atom is 0.412 e. The van der Waals surface area contributed by atoms with E-state index in [0.717, 1.165) is 6.08 Å². The van der Waals surface area contributed by atoms with Crippen molar-refractivity contribution >= 4 is 34.2 Å². The van der Waals surface area contributed by atoms with Gasteiger partial charge in [0.1, 0.15) is 11.9 Å². The van der Waals surface area contributed by atoms with Crippen LogP contribution in [0, 0.1) is 0 Å². The molecule has 0 spiro atoms. The third-order valence-corrected chi connectivity index (χ3v) is 4.80. The number of carbonyl (C=O) groups excluding carboxylic acids is 3. The van der Waals surface area contributed by atoms with Gasteiger partial charge in [0.05, 0.1) is 0 Å². The van der Waals surface area contributed by atoms with Crippen LogP contribution in [0.1, 0.15) is 35.4 Å². The molecule has 3 aromatic rings. The minimum atomic E-state index is -0.792. The van der Waals surface area contributed by atoms with Crippen LogP contribution in [0.3, 0.4) is 0 Å². The molecule has 3 aromatic carbocycles. The van der Waals surface area contributed by atoms with Crippen molar-refractivity contribution in [1.82, 2.24) is 5.48 Å². The van der Waals surface area contributed by atoms with Crippen LogP contribution >= 0.6 is 0 Å². The first-order valence-electron chi connectivity index (χ1n) is 9.79. The van der Waals surface area contributed by atoms with Gasteiger partial charge >= 0.3 is 6.09 Å². The number of hydrogen-bond acceptors (Lipinski definition) is 6. The highest BCUT2D eigenvalue weighted by Gasteiger charge is 2.19. The summed E-state index contributed by atoms with van der Waals surface area (Å²) < 4.78 is 5.64. The molecule has 0 fully saturated rings. The number of phenolic OH excluding ortho intramolecular Hbond substituents is 1. The Morgan fingerprint density at radius 3 is 2.34 bits per heavy atom. The Bertz CT molecular complexity index is 1170. The number of ketones is 1. The maximum absolute atomic E-state index is 12.6. The fourth-order valence-corrected chi connectivity index (χ4v) is 3.23. The Labute approximate surface area is 184 Å². The van der Waals surface area contributed by atoms with E-state index in [1.165, 1.54) is 24.5 Å². The average Bonchev–Trinajstić information content (AvgIpc) is 2.79. The second-order valence-corrected chi connectivity index (χ2v) is 6.99. The molecule has 0 aliphatic heterocycles. The topological polar surface area (TPSA) is 125 Å². The predicted octanol–water partition coefficient (Wildman–Crippen LogP) is 4.49. The summed E-state index contributed by atoms with van der Waals surface area (Å²) in [5.41, 5.74) is 3.10. The van der Waals surface area contributed by atoms with E-state index in [9.17, 15) is 19.5 Å². The van der Waals surface area contributed by atoms with Crippen molar-refractivity contribution in [1.29, 1.82) is 0 Å². The summed E-state index contributed by atoms with van der Waals surface area (Å²) in [6.07, 6.45) is 1.20. The van der Waals surface area contributed by atoms with Crippen molar-refractivity contribution in [3.8, 4) is 5.75 Å². The molecule has 0 saturated heterocycles. The van der Waals surface area contributed by atoms with Crippen molar-refractivity contribution in [2.75, 3.05) is 5.32 Å². The summed E-state index contributed by atoms with van der Waals surface area (Å²) >= 11 is 0. The highest BCUT2D eigenvalue weighted by molar-refractivity contribution is 5.95. The normalized spacial score (nSPS) is 11.8. The van der Waals surface area contributed by atoms with Crippen LogP contribution in [0.4, 0.5) is 10.5 Å². The number of nitrogens with one attached hydrogen (secondary N) is 2. The van der Waals surface area contributed by atoms with E-state index in [0.29, 0.717) is 27.6 Å². The van der Waals surface area contributed by atoms with E-state index in [4.69, 9.17) is 9.94 Å². The lowest BCUT2D eigenvalue weighted by Gasteiger charge is -2.19. The predicted molar refractivity (Wildman–Crippen MR) is 119 cm³/mol. The fourth-order valence-electron chi connectivity index (χ4n) is 3.23. The number of rotatable bonds is 7. The van der Waals surface area contributed by atoms with E-state index >= 15 is 0 Å². The van der Waals surface area contributed by atoms with Gasteiger partial charge in [0.2, 0.25) is 0 Å². The molecule has 0 aliphatic carbocycles. The van der Waals surface area contributed by atoms with E-state index in [1.807, 2.05) is 0 Å². The van der Waals surface area contributed by atoms with Gasteiger partial charge in [0.25, 0.3) is 5.91 Å². The highest BCUT2D eigenvalue weighted by Crippen LogP contribution is 2.34. The molecule has 32 heavy (non-hydrogen) atoms. The van der Waals surface area contributed by atoms with Gasteiger partial charge in [-0.3, -0.25) is 20.1 Å². The first kappa shape index (κ1) is 22.5. The number of amides is 2. The fraction of sp³-hybridized carbons (Fsp3) is 0.125. The van der Waals surface area contributed by atoms with Crippen LogP contribution in [0.15, 0.2) is 72.8 Å². The molecule has 0 aliphatic rings. The molecule has 0 unspecified atom stereocenters. The number of carbonyl (C=O) groups is 3. The zero-order valence-corrected chi connectivity index (χ0v) is 17.2. The van der Waals surface area contributed by atoms with Gasteiger partial charge in [-0.15, -0.1) is 0 Å². The second-order valence-electron chi connectivity index (χ2n) is 6.99. The molecule has 0 aromatic heterocycles. The number of benzene rings is 3. The maximum atomic E-state index is 12.6. The molecule has 1 atom stereocenters. The summed E-state index contributed by atoms with van der Waals surface area (Å²) in [4.78, 5) is 35.3. The third-order valence-electron chi connectivity index (χ3n) is 4.80. The first-order chi connectivity index (χ1) is 15.4. The van der Waals surface area contributed by atoms with Gasteiger partial charge < -0.3 is 9.84 Å². The Kier molecular flexibility index (Phi) is 7.20. The summed E-state index contributed by atoms with van der Waals surface area (Å²) in [6.45, 7) is 1.45. The van der Waals surface area contributed by atoms with Gasteiger partial charge in [-0.25, -0.2) is 10.3 Å². The summed E-state index contributed by atoms with van der Waals surface area (Å²) in [5, 5.41) is 22.7. The lowest BCUT2D eigenvalue weighted by atomic mass is 9.97. The lowest BCUT2D eigenvalue weighted by Crippen LogP contribution is -2.18. The van der Waals surface area contributed by atoms with Crippen molar-refractivity contribution in [3.63, 3.8) is 0 Å². The minimum absolute atomic E-state index is 0.0860. The van der Waals surface area contributed by atoms with Gasteiger partial charge in [0.15, 0.2) is 5.78 Å². The zero-order valence-electron chi connectivity index (χ0n) is 17.2. The van der Waals surface area contributed by atoms with Crippen molar-refractivity contribution in [3.05, 3.63) is 83.9 Å². The van der Waals surface area contributed by atoms with Crippen molar-refractivity contribution < 1.29 is 29.4 Å². The Hall–Kier alpha value is -4.17. The second kappa shape index (κ2) is 10.2. The standard InChI is InChI=1S/C24H22N2O6/c1-15(27)16-9-11-17(12-10-16)25-24(30)32-22(7-4-8-23(29)26-31)20-13-14-21(28)19-6-3-2-5-18(19)20/h2-6,8-14,22,28,31H,7H2,1H3,(H,25,30)(H,26,29)/b8-4+/t22-/m0/s1. The molecule has 8 heteroatoms. The molecule has 0 bridgehead atoms. The van der Waals surface area contributed by atoms with E-state index in [-0.39, 0.29) is 18.0 Å². The summed E-state index contributed by atoms with van der Waals surface area (Å²) in [6, 6.07) is 16.7. The van der Waals surface area contributed by atoms with Gasteiger partial charge in [0, 0.05) is 34.7 Å². The average molecular weight is 434 g/mol. The summed E-state index contributed by atoms with van der Waals surface area (Å²) in [7, 11) is 0. The van der Waals surface area contributed by atoms with Crippen LogP contribution in [0.2, 0.25) is 0 Å². The lowest BCUT2D eigenvalue weighted by molar-refractivity contribution is -0.124. The van der Waals surface area contributed by atoms with E-state index in [1.54, 1.807) is 54.6 Å². The van der Waals surface area contributed by atoms with Gasteiger partial charge in [-0.1, -0.05) is 36.4 Å². The Morgan fingerprint density at radius 2 is 1.69 bits per heavy atom. The molecule has 0 radical (unpaired) electrons. The number of Topliss-reactive ketones (excluding diaryl/α,β-unsaturated/α-hetero) is 1. The highest BCUT2D eigenvalue weighted by atomic mass is 16.6. The van der Waals surface area contributed by atoms with Crippen LogP contribution in [-0.2, 0) is 9.53 Å². The van der Waals surface area contributed by atoms with Gasteiger partial charge in [-0.2, -0.15) is 0 Å². The third kappa shape index (κ3) is 5.50. The number of phenols is 1. The van der Waals surface area contributed by atoms with Crippen LogP contribution < -0.4 is 10.8 Å². The Balaban J connectivity index is 1.85. The van der Waals surface area contributed by atoms with E-state index < -0.39 is 18.1 Å². The summed E-state index contributed by atoms with van der Waals surface area (Å²) in [5.74, 6) is -0.709. The molecule has 4 N–H and O–H groups in total. The molecule has 0 heterocycles. The number of hydroxylamine groups is 1. The number of ether oxygens (including phenoxy) is 1. The molecule has 164 valence electrons. The minimum Gasteiger partial charge on any atom is -0.507 e. The monoisotopic (exact) mass is 434 g/mol. The SMILES string of the molecule is CC(=O)c1ccc(NC(=O)O[C@@H](C/C=C/C(=O)NO)c2ccc(O)c3ccccc23)cc1. The van der Waals surface area contributed by atoms with E-state index in [2.05, 4.69) is 5.32 Å². The first-order valence-corrected chi connectivity index (χ1v) is 9.79. The smallest absolute Gasteiger partial charge is 0.412 e. The number of aromatic hydroxyl groups is 1. The number of hydrogen-bond donors (Lipinski definition) is 4. The van der Waals surface area contributed by atoms with Crippen molar-refractivity contribution in [2.24, 2.45) is 0 Å². The molecular weight excluding hydrogens is 412 g/mol. The number of anilines is 1. The molecular formula is C24H22N2O6. The molecule has 2 amide bonds.